The van der Waals surface area contributed by atoms with Crippen molar-refractivity contribution in [2.45, 2.75) is 32.4 Å². The van der Waals surface area contributed by atoms with Crippen molar-refractivity contribution < 1.29 is 9.84 Å². The number of hydrogen-bond acceptors (Lipinski definition) is 3. The molecule has 3 nitrogen and oxygen atoms in total. The molecule has 0 bridgehead atoms. The number of aliphatic hydroxyl groups is 1. The van der Waals surface area contributed by atoms with Crippen molar-refractivity contribution in [2.75, 3.05) is 13.2 Å². The maximum Gasteiger partial charge on any atom is 0.122 e. The average molecular weight is 286 g/mol. The molecule has 0 fully saturated rings. The second-order valence-electron chi connectivity index (χ2n) is 4.63. The second kappa shape index (κ2) is 9.84. The highest BCUT2D eigenvalue weighted by Crippen LogP contribution is 2.18. The topological polar surface area (TPSA) is 41.5 Å². The van der Waals surface area contributed by atoms with Gasteiger partial charge in [0.1, 0.15) is 18.5 Å². The van der Waals surface area contributed by atoms with Gasteiger partial charge in [-0.15, -0.1) is 19.0 Å². The number of halogens is 1. The van der Waals surface area contributed by atoms with Gasteiger partial charge in [-0.1, -0.05) is 38.1 Å². The molecule has 0 amide bonds. The Morgan fingerprint density at radius 3 is 2.68 bits per heavy atom. The summed E-state index contributed by atoms with van der Waals surface area (Å²) in [5.41, 5.74) is 1.09. The number of benzene rings is 1. The first-order valence-corrected chi connectivity index (χ1v) is 6.36. The SMILES string of the molecule is C=CCc1ccccc1OC[C@@H](O)CNC(C)C.Cl. The maximum atomic E-state index is 9.77. The first-order valence-electron chi connectivity index (χ1n) is 6.36. The van der Waals surface area contributed by atoms with E-state index in [1.54, 1.807) is 0 Å². The van der Waals surface area contributed by atoms with Crippen LogP contribution in [0.5, 0.6) is 5.75 Å². The van der Waals surface area contributed by atoms with Gasteiger partial charge in [0.2, 0.25) is 0 Å². The minimum atomic E-state index is -0.496. The van der Waals surface area contributed by atoms with E-state index in [1.807, 2.05) is 44.2 Å². The van der Waals surface area contributed by atoms with Crippen LogP contribution in [0.1, 0.15) is 19.4 Å². The third-order valence-electron chi connectivity index (χ3n) is 2.53. The van der Waals surface area contributed by atoms with Crippen molar-refractivity contribution in [2.24, 2.45) is 0 Å². The molecule has 1 aromatic carbocycles. The number of allylic oxidation sites excluding steroid dienone is 1. The number of nitrogens with one attached hydrogen (secondary N) is 1. The van der Waals surface area contributed by atoms with Crippen molar-refractivity contribution in [1.82, 2.24) is 5.32 Å². The third-order valence-corrected chi connectivity index (χ3v) is 2.53. The lowest BCUT2D eigenvalue weighted by Gasteiger charge is -2.16. The summed E-state index contributed by atoms with van der Waals surface area (Å²) >= 11 is 0. The van der Waals surface area contributed by atoms with Crippen molar-refractivity contribution in [3.05, 3.63) is 42.5 Å². The van der Waals surface area contributed by atoms with E-state index in [2.05, 4.69) is 11.9 Å². The Morgan fingerprint density at radius 1 is 1.37 bits per heavy atom. The molecule has 0 radical (unpaired) electrons. The number of rotatable bonds is 8. The zero-order chi connectivity index (χ0) is 13.4. The molecule has 1 rings (SSSR count). The van der Waals surface area contributed by atoms with E-state index in [0.717, 1.165) is 17.7 Å². The van der Waals surface area contributed by atoms with Crippen LogP contribution in [-0.2, 0) is 6.42 Å². The largest absolute Gasteiger partial charge is 0.491 e. The van der Waals surface area contributed by atoms with Gasteiger partial charge < -0.3 is 15.2 Å². The lowest BCUT2D eigenvalue weighted by molar-refractivity contribution is 0.104. The van der Waals surface area contributed by atoms with E-state index in [0.29, 0.717) is 19.2 Å². The van der Waals surface area contributed by atoms with Crippen LogP contribution in [-0.4, -0.2) is 30.4 Å². The standard InChI is InChI=1S/C15H23NO2.ClH/c1-4-7-13-8-5-6-9-15(13)18-11-14(17)10-16-12(2)3;/h4-6,8-9,12,14,16-17H,1,7,10-11H2,2-3H3;1H/t14-;/m0./s1. The summed E-state index contributed by atoms with van der Waals surface area (Å²) < 4.78 is 5.65. The molecule has 0 spiro atoms. The zero-order valence-corrected chi connectivity index (χ0v) is 12.5. The van der Waals surface area contributed by atoms with Crippen LogP contribution < -0.4 is 10.1 Å². The van der Waals surface area contributed by atoms with Gasteiger partial charge in [0, 0.05) is 12.6 Å². The van der Waals surface area contributed by atoms with Gasteiger partial charge in [-0.25, -0.2) is 0 Å². The molecule has 0 aliphatic carbocycles. The molecule has 0 aromatic heterocycles. The fourth-order valence-corrected chi connectivity index (χ4v) is 1.59. The smallest absolute Gasteiger partial charge is 0.122 e. The van der Waals surface area contributed by atoms with Crippen molar-refractivity contribution in [3.63, 3.8) is 0 Å². The first kappa shape index (κ1) is 18.0. The van der Waals surface area contributed by atoms with Gasteiger partial charge in [0.25, 0.3) is 0 Å². The Morgan fingerprint density at radius 2 is 2.05 bits per heavy atom. The maximum absolute atomic E-state index is 9.77. The number of aliphatic hydroxyl groups excluding tert-OH is 1. The number of hydrogen-bond donors (Lipinski definition) is 2. The minimum absolute atomic E-state index is 0. The molecule has 0 aliphatic heterocycles. The molecule has 19 heavy (non-hydrogen) atoms. The molecule has 4 heteroatoms. The average Bonchev–Trinajstić information content (AvgIpc) is 2.35. The van der Waals surface area contributed by atoms with Gasteiger partial charge in [-0.2, -0.15) is 0 Å². The normalized spacial score (nSPS) is 11.8. The van der Waals surface area contributed by atoms with Gasteiger partial charge >= 0.3 is 0 Å². The predicted molar refractivity (Wildman–Crippen MR) is 82.2 cm³/mol. The Balaban J connectivity index is 0.00000324. The van der Waals surface area contributed by atoms with Crippen LogP contribution in [0.2, 0.25) is 0 Å². The molecule has 1 aromatic rings. The summed E-state index contributed by atoms with van der Waals surface area (Å²) in [5, 5.41) is 12.9. The van der Waals surface area contributed by atoms with E-state index in [1.165, 1.54) is 0 Å². The first-order chi connectivity index (χ1) is 8.63. The van der Waals surface area contributed by atoms with E-state index in [9.17, 15) is 5.11 Å². The van der Waals surface area contributed by atoms with E-state index in [4.69, 9.17) is 4.74 Å². The Hall–Kier alpha value is -1.03. The molecular weight excluding hydrogens is 262 g/mol. The van der Waals surface area contributed by atoms with E-state index < -0.39 is 6.10 Å². The molecule has 0 aliphatic rings. The summed E-state index contributed by atoms with van der Waals surface area (Å²) in [4.78, 5) is 0. The number of para-hydroxylation sites is 1. The van der Waals surface area contributed by atoms with Crippen LogP contribution >= 0.6 is 12.4 Å². The van der Waals surface area contributed by atoms with Gasteiger partial charge in [-0.05, 0) is 18.1 Å². The van der Waals surface area contributed by atoms with Crippen molar-refractivity contribution >= 4 is 12.4 Å². The highest BCUT2D eigenvalue weighted by molar-refractivity contribution is 5.85. The Kier molecular flexibility index (Phi) is 9.31. The van der Waals surface area contributed by atoms with E-state index in [-0.39, 0.29) is 12.4 Å². The number of ether oxygens (including phenoxy) is 1. The fourth-order valence-electron chi connectivity index (χ4n) is 1.59. The molecule has 0 saturated carbocycles. The summed E-state index contributed by atoms with van der Waals surface area (Å²) in [6, 6.07) is 8.20. The lowest BCUT2D eigenvalue weighted by atomic mass is 10.1. The minimum Gasteiger partial charge on any atom is -0.491 e. The summed E-state index contributed by atoms with van der Waals surface area (Å²) in [5.74, 6) is 0.820. The van der Waals surface area contributed by atoms with Crippen LogP contribution in [0.3, 0.4) is 0 Å². The molecule has 108 valence electrons. The van der Waals surface area contributed by atoms with Crippen LogP contribution in [0.15, 0.2) is 36.9 Å². The van der Waals surface area contributed by atoms with Gasteiger partial charge in [0.15, 0.2) is 0 Å². The highest BCUT2D eigenvalue weighted by Gasteiger charge is 2.07. The molecule has 2 N–H and O–H groups in total. The molecule has 0 unspecified atom stereocenters. The summed E-state index contributed by atoms with van der Waals surface area (Å²) in [6.45, 7) is 8.67. The quantitative estimate of drug-likeness (QED) is 0.722. The molecule has 1 atom stereocenters. The van der Waals surface area contributed by atoms with E-state index >= 15 is 0 Å². The van der Waals surface area contributed by atoms with Crippen LogP contribution in [0.4, 0.5) is 0 Å². The molecule has 0 heterocycles. The van der Waals surface area contributed by atoms with Gasteiger partial charge in [-0.3, -0.25) is 0 Å². The monoisotopic (exact) mass is 285 g/mol. The Labute approximate surface area is 122 Å². The predicted octanol–water partition coefficient (Wildman–Crippen LogP) is 2.57. The van der Waals surface area contributed by atoms with Crippen molar-refractivity contribution in [1.29, 1.82) is 0 Å². The van der Waals surface area contributed by atoms with Gasteiger partial charge in [0.05, 0.1) is 0 Å². The second-order valence-corrected chi connectivity index (χ2v) is 4.63. The summed E-state index contributed by atoms with van der Waals surface area (Å²) in [6.07, 6.45) is 2.12. The molecule has 0 saturated heterocycles. The lowest BCUT2D eigenvalue weighted by Crippen LogP contribution is -2.35. The van der Waals surface area contributed by atoms with Crippen molar-refractivity contribution in [3.8, 4) is 5.75 Å². The molecular formula is C15H24ClNO2. The van der Waals surface area contributed by atoms with Crippen LogP contribution in [0.25, 0.3) is 0 Å². The Bertz CT molecular complexity index is 369. The fraction of sp³-hybridized carbons (Fsp3) is 0.467. The third kappa shape index (κ3) is 7.21. The van der Waals surface area contributed by atoms with Crippen LogP contribution in [0, 0.1) is 0 Å². The summed E-state index contributed by atoms with van der Waals surface area (Å²) in [7, 11) is 0. The zero-order valence-electron chi connectivity index (χ0n) is 11.6. The highest BCUT2D eigenvalue weighted by atomic mass is 35.5.